The lowest BCUT2D eigenvalue weighted by Crippen LogP contribution is -2.60. The third-order valence-corrected chi connectivity index (χ3v) is 4.90. The fourth-order valence-corrected chi connectivity index (χ4v) is 3.61. The molecule has 0 aliphatic carbocycles. The Hall–Kier alpha value is -0.700. The van der Waals surface area contributed by atoms with Gasteiger partial charge in [0.25, 0.3) is 10.2 Å². The first kappa shape index (κ1) is 15.4. The highest BCUT2D eigenvalue weighted by Gasteiger charge is 2.47. The SMILES string of the molecule is COCCNS(=O)(=O)N1CCCCC1(C)C(=O)O. The molecule has 1 aliphatic heterocycles. The molecule has 1 fully saturated rings. The van der Waals surface area contributed by atoms with E-state index in [1.54, 1.807) is 0 Å². The van der Waals surface area contributed by atoms with E-state index in [-0.39, 0.29) is 19.7 Å². The summed E-state index contributed by atoms with van der Waals surface area (Å²) in [6.45, 7) is 2.05. The van der Waals surface area contributed by atoms with Gasteiger partial charge in [-0.1, -0.05) is 0 Å². The number of nitrogens with zero attached hydrogens (tertiary/aromatic N) is 1. The molecule has 0 saturated carbocycles. The van der Waals surface area contributed by atoms with Crippen LogP contribution >= 0.6 is 0 Å². The Kier molecular flexibility index (Phi) is 5.09. The van der Waals surface area contributed by atoms with Crippen molar-refractivity contribution in [1.82, 2.24) is 9.03 Å². The van der Waals surface area contributed by atoms with E-state index < -0.39 is 21.7 Å². The van der Waals surface area contributed by atoms with Crippen molar-refractivity contribution in [1.29, 1.82) is 0 Å². The van der Waals surface area contributed by atoms with Crippen molar-refractivity contribution in [3.63, 3.8) is 0 Å². The van der Waals surface area contributed by atoms with Gasteiger partial charge in [-0.05, 0) is 26.2 Å². The van der Waals surface area contributed by atoms with Crippen LogP contribution in [0.2, 0.25) is 0 Å². The maximum atomic E-state index is 12.1. The highest BCUT2D eigenvalue weighted by Crippen LogP contribution is 2.30. The van der Waals surface area contributed by atoms with Crippen LogP contribution in [0.4, 0.5) is 0 Å². The van der Waals surface area contributed by atoms with E-state index in [1.807, 2.05) is 0 Å². The Morgan fingerprint density at radius 2 is 2.17 bits per heavy atom. The minimum Gasteiger partial charge on any atom is -0.480 e. The largest absolute Gasteiger partial charge is 0.480 e. The molecule has 106 valence electrons. The average molecular weight is 280 g/mol. The normalized spacial score (nSPS) is 26.1. The van der Waals surface area contributed by atoms with Crippen LogP contribution in [0.5, 0.6) is 0 Å². The van der Waals surface area contributed by atoms with E-state index in [4.69, 9.17) is 4.74 Å². The van der Waals surface area contributed by atoms with Crippen molar-refractivity contribution in [3.8, 4) is 0 Å². The molecular weight excluding hydrogens is 260 g/mol. The summed E-state index contributed by atoms with van der Waals surface area (Å²) in [6, 6.07) is 0. The number of carboxylic acids is 1. The number of methoxy groups -OCH3 is 1. The fraction of sp³-hybridized carbons (Fsp3) is 0.900. The van der Waals surface area contributed by atoms with E-state index in [2.05, 4.69) is 4.72 Å². The number of piperidine rings is 1. The van der Waals surface area contributed by atoms with Crippen molar-refractivity contribution in [2.75, 3.05) is 26.8 Å². The van der Waals surface area contributed by atoms with Crippen LogP contribution < -0.4 is 4.72 Å². The molecule has 1 unspecified atom stereocenters. The predicted octanol–water partition coefficient (Wildman–Crippen LogP) is -0.204. The molecule has 1 aliphatic rings. The Morgan fingerprint density at radius 1 is 1.50 bits per heavy atom. The third kappa shape index (κ3) is 3.19. The molecule has 0 radical (unpaired) electrons. The summed E-state index contributed by atoms with van der Waals surface area (Å²) in [5.41, 5.74) is -1.36. The standard InChI is InChI=1S/C10H20N2O5S/c1-10(9(13)14)5-3-4-7-12(10)18(15,16)11-6-8-17-2/h11H,3-8H2,1-2H3,(H,13,14). The van der Waals surface area contributed by atoms with Crippen LogP contribution in [0, 0.1) is 0 Å². The second kappa shape index (κ2) is 5.96. The van der Waals surface area contributed by atoms with Gasteiger partial charge < -0.3 is 9.84 Å². The Balaban J connectivity index is 2.86. The number of ether oxygens (including phenoxy) is 1. The van der Waals surface area contributed by atoms with Crippen molar-refractivity contribution in [2.24, 2.45) is 0 Å². The van der Waals surface area contributed by atoms with Gasteiger partial charge in [-0.15, -0.1) is 0 Å². The summed E-state index contributed by atoms with van der Waals surface area (Å²) in [7, 11) is -2.32. The van der Waals surface area contributed by atoms with Crippen LogP contribution in [0.15, 0.2) is 0 Å². The van der Waals surface area contributed by atoms with Gasteiger partial charge in [0, 0.05) is 20.2 Å². The zero-order valence-electron chi connectivity index (χ0n) is 10.7. The summed E-state index contributed by atoms with van der Waals surface area (Å²) >= 11 is 0. The summed E-state index contributed by atoms with van der Waals surface area (Å²) in [4.78, 5) is 11.3. The number of nitrogens with one attached hydrogen (secondary N) is 1. The van der Waals surface area contributed by atoms with E-state index in [0.29, 0.717) is 19.3 Å². The number of hydrogen-bond donors (Lipinski definition) is 2. The molecule has 1 saturated heterocycles. The molecule has 0 spiro atoms. The van der Waals surface area contributed by atoms with E-state index in [9.17, 15) is 18.3 Å². The van der Waals surface area contributed by atoms with Gasteiger partial charge in [0.2, 0.25) is 0 Å². The highest BCUT2D eigenvalue weighted by atomic mass is 32.2. The van der Waals surface area contributed by atoms with Gasteiger partial charge in [-0.25, -0.2) is 0 Å². The maximum Gasteiger partial charge on any atom is 0.324 e. The number of hydrogen-bond acceptors (Lipinski definition) is 4. The number of aliphatic carboxylic acids is 1. The first-order valence-corrected chi connectivity index (χ1v) is 7.28. The number of carboxylic acid groups (broad SMARTS) is 1. The second-order valence-electron chi connectivity index (χ2n) is 4.50. The van der Waals surface area contributed by atoms with Gasteiger partial charge in [-0.2, -0.15) is 17.4 Å². The van der Waals surface area contributed by atoms with Crippen LogP contribution in [0.25, 0.3) is 0 Å². The monoisotopic (exact) mass is 280 g/mol. The van der Waals surface area contributed by atoms with Crippen LogP contribution in [-0.4, -0.2) is 56.1 Å². The molecule has 0 amide bonds. The molecule has 0 aromatic carbocycles. The van der Waals surface area contributed by atoms with Crippen molar-refractivity contribution in [3.05, 3.63) is 0 Å². The molecule has 7 nitrogen and oxygen atoms in total. The minimum atomic E-state index is -3.79. The average Bonchev–Trinajstić information content (AvgIpc) is 2.29. The summed E-state index contributed by atoms with van der Waals surface area (Å²) < 4.78 is 32.3. The van der Waals surface area contributed by atoms with Gasteiger partial charge >= 0.3 is 5.97 Å². The fourth-order valence-electron chi connectivity index (χ4n) is 2.05. The lowest BCUT2D eigenvalue weighted by molar-refractivity contribution is -0.149. The van der Waals surface area contributed by atoms with E-state index >= 15 is 0 Å². The summed E-state index contributed by atoms with van der Waals surface area (Å²) in [5.74, 6) is -1.11. The number of rotatable bonds is 6. The smallest absolute Gasteiger partial charge is 0.324 e. The first-order chi connectivity index (χ1) is 8.34. The summed E-state index contributed by atoms with van der Waals surface area (Å²) in [6.07, 6.45) is 1.72. The van der Waals surface area contributed by atoms with Gasteiger partial charge in [0.15, 0.2) is 0 Å². The molecule has 8 heteroatoms. The minimum absolute atomic E-state index is 0.130. The molecule has 0 bridgehead atoms. The predicted molar refractivity (Wildman–Crippen MR) is 65.4 cm³/mol. The molecule has 0 aromatic rings. The second-order valence-corrected chi connectivity index (χ2v) is 6.18. The van der Waals surface area contributed by atoms with Crippen LogP contribution in [-0.2, 0) is 19.7 Å². The molecule has 0 aromatic heterocycles. The topological polar surface area (TPSA) is 95.9 Å². The van der Waals surface area contributed by atoms with Crippen molar-refractivity contribution < 1.29 is 23.1 Å². The third-order valence-electron chi connectivity index (χ3n) is 3.17. The highest BCUT2D eigenvalue weighted by molar-refractivity contribution is 7.87. The zero-order chi connectivity index (χ0) is 13.8. The Labute approximate surface area is 107 Å². The molecule has 2 N–H and O–H groups in total. The Bertz CT molecular complexity index is 397. The zero-order valence-corrected chi connectivity index (χ0v) is 11.5. The van der Waals surface area contributed by atoms with Crippen molar-refractivity contribution >= 4 is 16.2 Å². The number of carbonyl (C=O) groups is 1. The quantitative estimate of drug-likeness (QED) is 0.657. The molecular formula is C10H20N2O5S. The first-order valence-electron chi connectivity index (χ1n) is 5.84. The van der Waals surface area contributed by atoms with Gasteiger partial charge in [0.1, 0.15) is 5.54 Å². The lowest BCUT2D eigenvalue weighted by Gasteiger charge is -2.40. The van der Waals surface area contributed by atoms with E-state index in [1.165, 1.54) is 14.0 Å². The molecule has 18 heavy (non-hydrogen) atoms. The summed E-state index contributed by atoms with van der Waals surface area (Å²) in [5, 5.41) is 9.24. The van der Waals surface area contributed by atoms with E-state index in [0.717, 1.165) is 4.31 Å². The maximum absolute atomic E-state index is 12.1. The Morgan fingerprint density at radius 3 is 2.72 bits per heavy atom. The van der Waals surface area contributed by atoms with Crippen molar-refractivity contribution in [2.45, 2.75) is 31.7 Å². The molecule has 1 rings (SSSR count). The van der Waals surface area contributed by atoms with Crippen LogP contribution in [0.3, 0.4) is 0 Å². The molecule has 1 atom stereocenters. The van der Waals surface area contributed by atoms with Crippen LogP contribution in [0.1, 0.15) is 26.2 Å². The van der Waals surface area contributed by atoms with Gasteiger partial charge in [-0.3, -0.25) is 4.79 Å². The molecule has 1 heterocycles. The van der Waals surface area contributed by atoms with Gasteiger partial charge in [0.05, 0.1) is 6.61 Å². The lowest BCUT2D eigenvalue weighted by atomic mass is 9.91.